The van der Waals surface area contributed by atoms with Crippen molar-refractivity contribution in [1.29, 1.82) is 0 Å². The molecule has 0 saturated carbocycles. The van der Waals surface area contributed by atoms with Crippen LogP contribution < -0.4 is 4.31 Å². The first-order valence-corrected chi connectivity index (χ1v) is 10.9. The SMILES string of the molecule is Cc1ccc(C)c(Cn2nc(C)c(S(=O)(=O)N3CCc4ccccc43)c2C)c1. The molecule has 5 nitrogen and oxygen atoms in total. The highest BCUT2D eigenvalue weighted by molar-refractivity contribution is 7.93. The van der Waals surface area contributed by atoms with E-state index in [0.29, 0.717) is 29.4 Å². The van der Waals surface area contributed by atoms with Crippen molar-refractivity contribution in [2.24, 2.45) is 0 Å². The van der Waals surface area contributed by atoms with Crippen molar-refractivity contribution in [3.63, 3.8) is 0 Å². The van der Waals surface area contributed by atoms with Crippen LogP contribution in [0.5, 0.6) is 0 Å². The molecule has 0 spiro atoms. The third kappa shape index (κ3) is 3.02. The third-order valence-corrected chi connectivity index (χ3v) is 7.60. The molecule has 0 unspecified atom stereocenters. The molecule has 0 bridgehead atoms. The van der Waals surface area contributed by atoms with E-state index in [1.165, 1.54) is 15.4 Å². The Kier molecular flexibility index (Phi) is 4.54. The number of rotatable bonds is 4. The summed E-state index contributed by atoms with van der Waals surface area (Å²) in [4.78, 5) is 0.328. The predicted octanol–water partition coefficient (Wildman–Crippen LogP) is 3.92. The van der Waals surface area contributed by atoms with Gasteiger partial charge in [-0.05, 0) is 56.9 Å². The number of hydrogen-bond donors (Lipinski definition) is 0. The van der Waals surface area contributed by atoms with Crippen molar-refractivity contribution in [2.45, 2.75) is 45.6 Å². The first kappa shape index (κ1) is 18.7. The van der Waals surface area contributed by atoms with Crippen LogP contribution in [0, 0.1) is 27.7 Å². The van der Waals surface area contributed by atoms with Crippen LogP contribution in [0.15, 0.2) is 47.4 Å². The summed E-state index contributed by atoms with van der Waals surface area (Å²) in [6.45, 7) is 8.79. The van der Waals surface area contributed by atoms with Crippen LogP contribution in [-0.4, -0.2) is 24.7 Å². The van der Waals surface area contributed by atoms with Gasteiger partial charge in [0.05, 0.1) is 23.6 Å². The van der Waals surface area contributed by atoms with E-state index in [0.717, 1.165) is 23.2 Å². The Bertz CT molecular complexity index is 1160. The molecule has 0 fully saturated rings. The fourth-order valence-corrected chi connectivity index (χ4v) is 5.89. The molecule has 4 rings (SSSR count). The molecule has 1 aliphatic heterocycles. The zero-order valence-electron chi connectivity index (χ0n) is 16.7. The monoisotopic (exact) mass is 395 g/mol. The molecule has 0 saturated heterocycles. The average molecular weight is 396 g/mol. The lowest BCUT2D eigenvalue weighted by molar-refractivity contribution is 0.590. The van der Waals surface area contributed by atoms with Gasteiger partial charge in [0.1, 0.15) is 4.90 Å². The lowest BCUT2D eigenvalue weighted by atomic mass is 10.1. The lowest BCUT2D eigenvalue weighted by Gasteiger charge is -2.20. The summed E-state index contributed by atoms with van der Waals surface area (Å²) in [5.74, 6) is 0. The second-order valence-corrected chi connectivity index (χ2v) is 9.34. The first-order valence-electron chi connectivity index (χ1n) is 9.50. The minimum absolute atomic E-state index is 0.328. The van der Waals surface area contributed by atoms with Gasteiger partial charge in [0.25, 0.3) is 10.0 Å². The Labute approximate surface area is 166 Å². The molecular weight excluding hydrogens is 370 g/mol. The highest BCUT2D eigenvalue weighted by Crippen LogP contribution is 2.34. The normalized spacial score (nSPS) is 13.8. The minimum atomic E-state index is -3.65. The van der Waals surface area contributed by atoms with Crippen molar-refractivity contribution in [2.75, 3.05) is 10.8 Å². The Morgan fingerprint density at radius 3 is 2.57 bits per heavy atom. The van der Waals surface area contributed by atoms with Gasteiger partial charge in [-0.25, -0.2) is 8.42 Å². The molecule has 0 amide bonds. The van der Waals surface area contributed by atoms with E-state index in [-0.39, 0.29) is 0 Å². The molecule has 28 heavy (non-hydrogen) atoms. The fraction of sp³-hybridized carbons (Fsp3) is 0.318. The van der Waals surface area contributed by atoms with Crippen molar-refractivity contribution in [3.05, 3.63) is 76.1 Å². The minimum Gasteiger partial charge on any atom is -0.266 e. The maximum atomic E-state index is 13.5. The van der Waals surface area contributed by atoms with Gasteiger partial charge in [0.2, 0.25) is 0 Å². The molecular formula is C22H25N3O2S. The van der Waals surface area contributed by atoms with Gasteiger partial charge in [-0.2, -0.15) is 5.10 Å². The number of nitrogens with zero attached hydrogens (tertiary/aromatic N) is 3. The van der Waals surface area contributed by atoms with E-state index in [4.69, 9.17) is 0 Å². The van der Waals surface area contributed by atoms with E-state index >= 15 is 0 Å². The molecule has 0 atom stereocenters. The van der Waals surface area contributed by atoms with Crippen LogP contribution in [0.3, 0.4) is 0 Å². The number of sulfonamides is 1. The maximum absolute atomic E-state index is 13.5. The predicted molar refractivity (Wildman–Crippen MR) is 111 cm³/mol. The van der Waals surface area contributed by atoms with E-state index < -0.39 is 10.0 Å². The van der Waals surface area contributed by atoms with E-state index in [9.17, 15) is 8.42 Å². The average Bonchev–Trinajstić information content (AvgIpc) is 3.20. The number of benzene rings is 2. The smallest absolute Gasteiger partial charge is 0.266 e. The highest BCUT2D eigenvalue weighted by Gasteiger charge is 2.34. The lowest BCUT2D eigenvalue weighted by Crippen LogP contribution is -2.30. The molecule has 1 aromatic heterocycles. The van der Waals surface area contributed by atoms with Crippen molar-refractivity contribution < 1.29 is 8.42 Å². The van der Waals surface area contributed by atoms with Gasteiger partial charge in [-0.1, -0.05) is 42.0 Å². The molecule has 0 aliphatic carbocycles. The summed E-state index contributed by atoms with van der Waals surface area (Å²) in [5.41, 5.74) is 6.60. The van der Waals surface area contributed by atoms with E-state index in [2.05, 4.69) is 37.1 Å². The number of para-hydroxylation sites is 1. The number of fused-ring (bicyclic) bond motifs is 1. The Balaban J connectivity index is 1.75. The molecule has 0 radical (unpaired) electrons. The van der Waals surface area contributed by atoms with Gasteiger partial charge < -0.3 is 0 Å². The van der Waals surface area contributed by atoms with Crippen LogP contribution in [-0.2, 0) is 23.0 Å². The van der Waals surface area contributed by atoms with Crippen LogP contribution in [0.25, 0.3) is 0 Å². The topological polar surface area (TPSA) is 55.2 Å². The quantitative estimate of drug-likeness (QED) is 0.673. The Morgan fingerprint density at radius 1 is 1.04 bits per heavy atom. The summed E-state index contributed by atoms with van der Waals surface area (Å²) < 4.78 is 30.3. The van der Waals surface area contributed by atoms with Gasteiger partial charge in [-0.3, -0.25) is 8.99 Å². The first-order chi connectivity index (χ1) is 13.3. The van der Waals surface area contributed by atoms with Crippen LogP contribution >= 0.6 is 0 Å². The number of aryl methyl sites for hydroxylation is 3. The van der Waals surface area contributed by atoms with Crippen molar-refractivity contribution in [1.82, 2.24) is 9.78 Å². The zero-order chi connectivity index (χ0) is 20.1. The molecule has 2 heterocycles. The summed E-state index contributed by atoms with van der Waals surface area (Å²) in [6, 6.07) is 14.0. The van der Waals surface area contributed by atoms with Gasteiger partial charge in [0, 0.05) is 6.54 Å². The second kappa shape index (κ2) is 6.78. The van der Waals surface area contributed by atoms with E-state index in [1.54, 1.807) is 6.92 Å². The summed E-state index contributed by atoms with van der Waals surface area (Å²) in [7, 11) is -3.65. The molecule has 146 valence electrons. The van der Waals surface area contributed by atoms with E-state index in [1.807, 2.05) is 35.9 Å². The highest BCUT2D eigenvalue weighted by atomic mass is 32.2. The number of aromatic nitrogens is 2. The Hall–Kier alpha value is -2.60. The zero-order valence-corrected chi connectivity index (χ0v) is 17.5. The largest absolute Gasteiger partial charge is 0.268 e. The molecule has 6 heteroatoms. The standard InChI is InChI=1S/C22H25N3O2S/c1-15-9-10-16(2)20(13-15)14-24-18(4)22(17(3)23-24)28(26,27)25-12-11-19-7-5-6-8-21(19)25/h5-10,13H,11-12,14H2,1-4H3. The molecule has 0 N–H and O–H groups in total. The van der Waals surface area contributed by atoms with Gasteiger partial charge in [-0.15, -0.1) is 0 Å². The number of anilines is 1. The molecule has 1 aliphatic rings. The fourth-order valence-electron chi connectivity index (χ4n) is 4.01. The third-order valence-electron chi connectivity index (χ3n) is 5.53. The molecule has 3 aromatic rings. The molecule has 2 aromatic carbocycles. The van der Waals surface area contributed by atoms with Gasteiger partial charge in [0.15, 0.2) is 0 Å². The van der Waals surface area contributed by atoms with Crippen LogP contribution in [0.1, 0.15) is 33.6 Å². The van der Waals surface area contributed by atoms with Crippen LogP contribution in [0.4, 0.5) is 5.69 Å². The van der Waals surface area contributed by atoms with Crippen LogP contribution in [0.2, 0.25) is 0 Å². The summed E-state index contributed by atoms with van der Waals surface area (Å²) in [5, 5.41) is 4.58. The maximum Gasteiger partial charge on any atom is 0.268 e. The van der Waals surface area contributed by atoms with Crippen molar-refractivity contribution >= 4 is 15.7 Å². The summed E-state index contributed by atoms with van der Waals surface area (Å²) in [6.07, 6.45) is 0.740. The summed E-state index contributed by atoms with van der Waals surface area (Å²) >= 11 is 0. The number of hydrogen-bond acceptors (Lipinski definition) is 3. The second-order valence-electron chi connectivity index (χ2n) is 7.54. The Morgan fingerprint density at radius 2 is 1.79 bits per heavy atom. The van der Waals surface area contributed by atoms with Crippen molar-refractivity contribution in [3.8, 4) is 0 Å². The van der Waals surface area contributed by atoms with Gasteiger partial charge >= 0.3 is 0 Å².